The summed E-state index contributed by atoms with van der Waals surface area (Å²) in [6.07, 6.45) is 1.87. The maximum atomic E-state index is 13.2. The minimum atomic E-state index is -0.115. The van der Waals surface area contributed by atoms with Gasteiger partial charge >= 0.3 is 11.6 Å². The number of carbonyl (C=O) groups is 1. The highest BCUT2D eigenvalue weighted by Crippen LogP contribution is 2.28. The molecule has 0 spiro atoms. The number of hydrogen-bond donors (Lipinski definition) is 1. The van der Waals surface area contributed by atoms with E-state index >= 15 is 0 Å². The van der Waals surface area contributed by atoms with Crippen molar-refractivity contribution in [1.82, 2.24) is 14.7 Å². The molecule has 0 aliphatic rings. The van der Waals surface area contributed by atoms with Crippen molar-refractivity contribution in [2.75, 3.05) is 12.3 Å². The minimum Gasteiger partial charge on any atom is -0.494 e. The standard InChI is InChI=1S/C24H34N5O3/c1-7-18(8-2)32-21-10-11-22-28(27-23(25)29(22)26-21)15-20(30)16-12-17(24(4,5)6)14-19(13-16)31-9-3/h10-14,18H,7-9,15H2,1-6H3,(H2,25,27)/q+1. The lowest BCUT2D eigenvalue weighted by molar-refractivity contribution is -0.714. The normalized spacial score (nSPS) is 11.8. The summed E-state index contributed by atoms with van der Waals surface area (Å²) in [5.41, 5.74) is 8.20. The van der Waals surface area contributed by atoms with Crippen molar-refractivity contribution in [3.05, 3.63) is 41.5 Å². The van der Waals surface area contributed by atoms with Crippen molar-refractivity contribution in [2.45, 2.75) is 72.4 Å². The van der Waals surface area contributed by atoms with Crippen LogP contribution in [-0.2, 0) is 12.0 Å². The second-order valence-electron chi connectivity index (χ2n) is 8.87. The summed E-state index contributed by atoms with van der Waals surface area (Å²) in [7, 11) is 0. The van der Waals surface area contributed by atoms with E-state index in [4.69, 9.17) is 15.2 Å². The molecule has 0 saturated heterocycles. The molecule has 0 amide bonds. The summed E-state index contributed by atoms with van der Waals surface area (Å²) in [5.74, 6) is 1.28. The Morgan fingerprint density at radius 3 is 2.50 bits per heavy atom. The number of nitrogens with zero attached hydrogens (tertiary/aromatic N) is 4. The van der Waals surface area contributed by atoms with Crippen LogP contribution in [0.3, 0.4) is 0 Å². The third-order valence-electron chi connectivity index (χ3n) is 5.39. The lowest BCUT2D eigenvalue weighted by Gasteiger charge is -2.21. The molecule has 1 aromatic carbocycles. The van der Waals surface area contributed by atoms with Gasteiger partial charge in [0.2, 0.25) is 5.78 Å². The fraction of sp³-hybridized carbons (Fsp3) is 0.500. The second kappa shape index (κ2) is 9.54. The molecule has 0 unspecified atom stereocenters. The summed E-state index contributed by atoms with van der Waals surface area (Å²) in [6.45, 7) is 13.0. The van der Waals surface area contributed by atoms with Crippen LogP contribution < -0.4 is 19.9 Å². The number of fused-ring (bicyclic) bond motifs is 1. The van der Waals surface area contributed by atoms with Crippen LogP contribution in [0.4, 0.5) is 5.95 Å². The molecular weight excluding hydrogens is 406 g/mol. The monoisotopic (exact) mass is 440 g/mol. The maximum absolute atomic E-state index is 13.2. The van der Waals surface area contributed by atoms with Gasteiger partial charge in [0.1, 0.15) is 11.9 Å². The zero-order valence-corrected chi connectivity index (χ0v) is 19.9. The lowest BCUT2D eigenvalue weighted by atomic mass is 9.85. The highest BCUT2D eigenvalue weighted by Gasteiger charge is 2.24. The molecular formula is C24H34N5O3+. The van der Waals surface area contributed by atoms with Crippen LogP contribution in [0.25, 0.3) is 5.65 Å². The number of ether oxygens (including phenoxy) is 2. The van der Waals surface area contributed by atoms with Crippen LogP contribution in [-0.4, -0.2) is 33.2 Å². The number of ketones is 1. The van der Waals surface area contributed by atoms with E-state index in [0.29, 0.717) is 29.4 Å². The molecule has 3 aromatic rings. The summed E-state index contributed by atoms with van der Waals surface area (Å²) in [5, 5.41) is 8.78. The first kappa shape index (κ1) is 23.5. The van der Waals surface area contributed by atoms with E-state index in [2.05, 4.69) is 44.8 Å². The van der Waals surface area contributed by atoms with Gasteiger partial charge in [-0.05, 0) is 59.1 Å². The topological polar surface area (TPSA) is 95.6 Å². The number of nitrogen functional groups attached to an aromatic ring is 1. The highest BCUT2D eigenvalue weighted by atomic mass is 16.5. The molecule has 0 aliphatic carbocycles. The van der Waals surface area contributed by atoms with Crippen LogP contribution in [0.15, 0.2) is 30.3 Å². The van der Waals surface area contributed by atoms with Crippen LogP contribution in [0, 0.1) is 0 Å². The number of nitrogens with two attached hydrogens (primary N) is 1. The molecule has 8 heteroatoms. The number of hydrogen-bond acceptors (Lipinski definition) is 6. The molecule has 0 saturated carbocycles. The van der Waals surface area contributed by atoms with Gasteiger partial charge in [-0.2, -0.15) is 0 Å². The molecule has 3 rings (SSSR count). The van der Waals surface area contributed by atoms with Gasteiger partial charge in [-0.3, -0.25) is 4.79 Å². The van der Waals surface area contributed by atoms with Crippen molar-refractivity contribution in [3.63, 3.8) is 0 Å². The van der Waals surface area contributed by atoms with E-state index in [0.717, 1.165) is 18.4 Å². The molecule has 0 bridgehead atoms. The molecule has 2 heterocycles. The van der Waals surface area contributed by atoms with Crippen molar-refractivity contribution < 1.29 is 19.0 Å². The number of benzene rings is 1. The van der Waals surface area contributed by atoms with Crippen LogP contribution in [0.2, 0.25) is 0 Å². The fourth-order valence-corrected chi connectivity index (χ4v) is 3.46. The smallest absolute Gasteiger partial charge is 0.355 e. The number of carbonyl (C=O) groups excluding carboxylic acids is 1. The van der Waals surface area contributed by atoms with Crippen molar-refractivity contribution in [2.24, 2.45) is 0 Å². The molecule has 2 N–H and O–H groups in total. The van der Waals surface area contributed by atoms with Gasteiger partial charge in [0, 0.05) is 17.7 Å². The Labute approximate surface area is 189 Å². The van der Waals surface area contributed by atoms with Gasteiger partial charge in [-0.15, -0.1) is 4.68 Å². The van der Waals surface area contributed by atoms with E-state index in [1.54, 1.807) is 16.8 Å². The Kier molecular flexibility index (Phi) is 7.01. The molecule has 0 radical (unpaired) electrons. The zero-order chi connectivity index (χ0) is 23.5. The Hall–Kier alpha value is -3.16. The summed E-state index contributed by atoms with van der Waals surface area (Å²) in [6, 6.07) is 9.29. The van der Waals surface area contributed by atoms with E-state index in [1.165, 1.54) is 4.52 Å². The molecule has 0 atom stereocenters. The highest BCUT2D eigenvalue weighted by molar-refractivity contribution is 5.95. The van der Waals surface area contributed by atoms with E-state index < -0.39 is 0 Å². The van der Waals surface area contributed by atoms with Gasteiger partial charge in [-0.25, -0.2) is 0 Å². The number of anilines is 1. The van der Waals surface area contributed by atoms with Crippen LogP contribution in [0.1, 0.15) is 70.3 Å². The summed E-state index contributed by atoms with van der Waals surface area (Å²) in [4.78, 5) is 13.2. The fourth-order valence-electron chi connectivity index (χ4n) is 3.46. The first-order valence-electron chi connectivity index (χ1n) is 11.2. The second-order valence-corrected chi connectivity index (χ2v) is 8.87. The SMILES string of the molecule is CCOc1cc(C(=O)C[n+]2nc(N)n3nc(OC(CC)CC)ccc32)cc(C(C)(C)C)c1. The zero-order valence-electron chi connectivity index (χ0n) is 19.9. The average molecular weight is 441 g/mol. The van der Waals surface area contributed by atoms with Crippen molar-refractivity contribution in [1.29, 1.82) is 0 Å². The average Bonchev–Trinajstić information content (AvgIpc) is 3.06. The Morgan fingerprint density at radius 1 is 1.16 bits per heavy atom. The van der Waals surface area contributed by atoms with E-state index in [-0.39, 0.29) is 29.8 Å². The van der Waals surface area contributed by atoms with Crippen molar-refractivity contribution >= 4 is 17.4 Å². The Bertz CT molecular complexity index is 1100. The molecule has 0 aliphatic heterocycles. The van der Waals surface area contributed by atoms with Crippen molar-refractivity contribution in [3.8, 4) is 11.6 Å². The molecule has 32 heavy (non-hydrogen) atoms. The van der Waals surface area contributed by atoms with E-state index in [1.807, 2.05) is 25.1 Å². The maximum Gasteiger partial charge on any atom is 0.355 e. The van der Waals surface area contributed by atoms with Crippen LogP contribution >= 0.6 is 0 Å². The molecule has 2 aromatic heterocycles. The Balaban J connectivity index is 1.91. The van der Waals surface area contributed by atoms with Gasteiger partial charge in [0.25, 0.3) is 5.88 Å². The van der Waals surface area contributed by atoms with E-state index in [9.17, 15) is 4.79 Å². The molecule has 8 nitrogen and oxygen atoms in total. The quantitative estimate of drug-likeness (QED) is 0.402. The summed E-state index contributed by atoms with van der Waals surface area (Å²) >= 11 is 0. The minimum absolute atomic E-state index is 0.0360. The molecule has 0 fully saturated rings. The number of aromatic nitrogens is 4. The summed E-state index contributed by atoms with van der Waals surface area (Å²) < 4.78 is 14.7. The largest absolute Gasteiger partial charge is 0.494 e. The van der Waals surface area contributed by atoms with Gasteiger partial charge in [-0.1, -0.05) is 39.1 Å². The van der Waals surface area contributed by atoms with Gasteiger partial charge in [0.15, 0.2) is 6.54 Å². The third-order valence-corrected chi connectivity index (χ3v) is 5.39. The Morgan fingerprint density at radius 2 is 1.88 bits per heavy atom. The first-order valence-corrected chi connectivity index (χ1v) is 11.2. The van der Waals surface area contributed by atoms with Crippen LogP contribution in [0.5, 0.6) is 11.6 Å². The predicted molar refractivity (Wildman–Crippen MR) is 123 cm³/mol. The number of Topliss-reactive ketones (excluding diaryl/α,β-unsaturated/α-hetero) is 1. The molecule has 172 valence electrons. The van der Waals surface area contributed by atoms with Gasteiger partial charge < -0.3 is 15.2 Å². The third kappa shape index (κ3) is 5.18. The van der Waals surface area contributed by atoms with Gasteiger partial charge in [0.05, 0.1) is 6.61 Å². The predicted octanol–water partition coefficient (Wildman–Crippen LogP) is 3.75. The number of rotatable bonds is 9. The lowest BCUT2D eigenvalue weighted by Crippen LogP contribution is -2.40. The first-order chi connectivity index (χ1) is 15.2.